The quantitative estimate of drug-likeness (QED) is 0.706. The van der Waals surface area contributed by atoms with E-state index >= 15 is 0 Å². The number of fused-ring (bicyclic) bond motifs is 2. The number of piperazine rings is 1. The fourth-order valence-corrected chi connectivity index (χ4v) is 6.20. The van der Waals surface area contributed by atoms with Crippen LogP contribution in [0.1, 0.15) is 26.8 Å². The predicted molar refractivity (Wildman–Crippen MR) is 116 cm³/mol. The van der Waals surface area contributed by atoms with Crippen molar-refractivity contribution in [3.8, 4) is 0 Å². The topological polar surface area (TPSA) is 63.5 Å². The summed E-state index contributed by atoms with van der Waals surface area (Å²) < 4.78 is 7.21. The summed E-state index contributed by atoms with van der Waals surface area (Å²) >= 11 is 3.70. The predicted octanol–water partition coefficient (Wildman–Crippen LogP) is 1.38. The van der Waals surface area contributed by atoms with Gasteiger partial charge in [-0.25, -0.2) is 9.67 Å². The Morgan fingerprint density at radius 2 is 1.93 bits per heavy atom. The monoisotopic (exact) mass is 433 g/mol. The second kappa shape index (κ2) is 8.85. The standard InChI is InChI=1S/C20H27N5O2S2/c26-20-11-15-14-28-10-2-16(15)22-25(20)8-7-23-3-5-24(6-4-23)12-19-21-17-1-9-27-13-18(17)29-19/h11H,1-10,12-14H2. The molecule has 0 aromatic carbocycles. The lowest BCUT2D eigenvalue weighted by Crippen LogP contribution is -2.47. The molecule has 0 amide bonds. The molecule has 0 unspecified atom stereocenters. The number of ether oxygens (including phenoxy) is 1. The van der Waals surface area contributed by atoms with Gasteiger partial charge in [0.05, 0.1) is 42.6 Å². The molecule has 156 valence electrons. The molecule has 1 saturated heterocycles. The van der Waals surface area contributed by atoms with Crippen LogP contribution in [0.5, 0.6) is 0 Å². The molecule has 0 spiro atoms. The molecule has 2 aromatic rings. The number of thioether (sulfide) groups is 1. The average Bonchev–Trinajstić information content (AvgIpc) is 3.15. The zero-order valence-corrected chi connectivity index (χ0v) is 18.3. The molecule has 9 heteroatoms. The summed E-state index contributed by atoms with van der Waals surface area (Å²) in [4.78, 5) is 23.4. The van der Waals surface area contributed by atoms with Crippen molar-refractivity contribution in [1.29, 1.82) is 0 Å². The van der Waals surface area contributed by atoms with Crippen LogP contribution < -0.4 is 5.56 Å². The number of hydrogen-bond donors (Lipinski definition) is 0. The fraction of sp³-hybridized carbons (Fsp3) is 0.650. The lowest BCUT2D eigenvalue weighted by atomic mass is 10.2. The van der Waals surface area contributed by atoms with E-state index in [1.807, 2.05) is 23.1 Å². The number of thiazole rings is 1. The van der Waals surface area contributed by atoms with Gasteiger partial charge in [0, 0.05) is 57.4 Å². The minimum atomic E-state index is 0.0432. The van der Waals surface area contributed by atoms with E-state index in [0.29, 0.717) is 6.54 Å². The van der Waals surface area contributed by atoms with E-state index in [9.17, 15) is 4.79 Å². The van der Waals surface area contributed by atoms with Crippen molar-refractivity contribution in [2.75, 3.05) is 45.1 Å². The third-order valence-electron chi connectivity index (χ3n) is 5.90. The number of aromatic nitrogens is 3. The van der Waals surface area contributed by atoms with Crippen molar-refractivity contribution in [2.24, 2.45) is 0 Å². The number of rotatable bonds is 5. The van der Waals surface area contributed by atoms with E-state index in [-0.39, 0.29) is 5.56 Å². The van der Waals surface area contributed by atoms with Crippen LogP contribution in [0.3, 0.4) is 0 Å². The Balaban J connectivity index is 1.12. The first-order chi connectivity index (χ1) is 14.2. The molecular formula is C20H27N5O2S2. The van der Waals surface area contributed by atoms with Gasteiger partial charge in [-0.2, -0.15) is 16.9 Å². The fourth-order valence-electron chi connectivity index (χ4n) is 4.16. The first-order valence-electron chi connectivity index (χ1n) is 10.4. The highest BCUT2D eigenvalue weighted by Crippen LogP contribution is 2.25. The number of nitrogens with zero attached hydrogens (tertiary/aromatic N) is 5. The van der Waals surface area contributed by atoms with Crippen LogP contribution >= 0.6 is 23.1 Å². The Kier molecular flexibility index (Phi) is 6.01. The lowest BCUT2D eigenvalue weighted by Gasteiger charge is -2.34. The summed E-state index contributed by atoms with van der Waals surface area (Å²) in [6.45, 7) is 8.20. The van der Waals surface area contributed by atoms with E-state index in [0.717, 1.165) is 88.1 Å². The van der Waals surface area contributed by atoms with E-state index in [4.69, 9.17) is 9.72 Å². The first-order valence-corrected chi connectivity index (χ1v) is 12.4. The normalized spacial score (nSPS) is 20.4. The van der Waals surface area contributed by atoms with Crippen LogP contribution in [-0.2, 0) is 43.0 Å². The summed E-state index contributed by atoms with van der Waals surface area (Å²) in [6, 6.07) is 1.80. The Hall–Kier alpha value is -1.26. The molecule has 5 heterocycles. The second-order valence-corrected chi connectivity index (χ2v) is 10.2. The molecule has 0 radical (unpaired) electrons. The molecule has 5 rings (SSSR count). The van der Waals surface area contributed by atoms with Crippen LogP contribution in [0.15, 0.2) is 10.9 Å². The van der Waals surface area contributed by atoms with Gasteiger partial charge in [0.15, 0.2) is 0 Å². The van der Waals surface area contributed by atoms with Crippen LogP contribution in [-0.4, -0.2) is 69.6 Å². The van der Waals surface area contributed by atoms with Crippen LogP contribution in [0.25, 0.3) is 0 Å². The molecule has 0 aliphatic carbocycles. The van der Waals surface area contributed by atoms with Gasteiger partial charge < -0.3 is 4.74 Å². The van der Waals surface area contributed by atoms with Gasteiger partial charge in [-0.05, 0) is 11.3 Å². The van der Waals surface area contributed by atoms with Crippen molar-refractivity contribution in [2.45, 2.75) is 38.3 Å². The average molecular weight is 434 g/mol. The van der Waals surface area contributed by atoms with E-state index in [1.165, 1.54) is 15.6 Å². The zero-order valence-electron chi connectivity index (χ0n) is 16.6. The Labute approximate surface area is 179 Å². The van der Waals surface area contributed by atoms with Gasteiger partial charge in [-0.15, -0.1) is 11.3 Å². The zero-order chi connectivity index (χ0) is 19.6. The molecule has 29 heavy (non-hydrogen) atoms. The van der Waals surface area contributed by atoms with E-state index in [1.54, 1.807) is 10.7 Å². The minimum Gasteiger partial charge on any atom is -0.375 e. The highest BCUT2D eigenvalue weighted by atomic mass is 32.2. The molecule has 1 fully saturated rings. The lowest BCUT2D eigenvalue weighted by molar-refractivity contribution is 0.112. The molecule has 0 N–H and O–H groups in total. The highest BCUT2D eigenvalue weighted by molar-refractivity contribution is 7.98. The molecular weight excluding hydrogens is 406 g/mol. The third kappa shape index (κ3) is 4.59. The van der Waals surface area contributed by atoms with Crippen LogP contribution in [0.4, 0.5) is 0 Å². The van der Waals surface area contributed by atoms with Gasteiger partial charge in [0.2, 0.25) is 0 Å². The molecule has 0 saturated carbocycles. The molecule has 3 aliphatic rings. The summed E-state index contributed by atoms with van der Waals surface area (Å²) in [5.41, 5.74) is 3.54. The van der Waals surface area contributed by atoms with E-state index in [2.05, 4.69) is 14.9 Å². The van der Waals surface area contributed by atoms with Crippen LogP contribution in [0, 0.1) is 0 Å². The Morgan fingerprint density at radius 3 is 2.79 bits per heavy atom. The molecule has 7 nitrogen and oxygen atoms in total. The van der Waals surface area contributed by atoms with Crippen molar-refractivity contribution in [3.63, 3.8) is 0 Å². The maximum atomic E-state index is 12.4. The Bertz CT molecular complexity index is 897. The third-order valence-corrected chi connectivity index (χ3v) is 7.96. The molecule has 2 aromatic heterocycles. The van der Waals surface area contributed by atoms with Gasteiger partial charge in [0.25, 0.3) is 5.56 Å². The Morgan fingerprint density at radius 1 is 1.07 bits per heavy atom. The largest absolute Gasteiger partial charge is 0.375 e. The summed E-state index contributed by atoms with van der Waals surface area (Å²) in [6.07, 6.45) is 1.93. The minimum absolute atomic E-state index is 0.0432. The summed E-state index contributed by atoms with van der Waals surface area (Å²) in [5.74, 6) is 2.03. The van der Waals surface area contributed by atoms with E-state index < -0.39 is 0 Å². The van der Waals surface area contributed by atoms with Crippen LogP contribution in [0.2, 0.25) is 0 Å². The number of hydrogen-bond acceptors (Lipinski definition) is 8. The number of aryl methyl sites for hydroxylation is 1. The second-order valence-electron chi connectivity index (χ2n) is 7.88. The van der Waals surface area contributed by atoms with Crippen molar-refractivity contribution in [3.05, 3.63) is 43.3 Å². The molecule has 3 aliphatic heterocycles. The van der Waals surface area contributed by atoms with Crippen molar-refractivity contribution < 1.29 is 4.74 Å². The van der Waals surface area contributed by atoms with Crippen molar-refractivity contribution in [1.82, 2.24) is 24.6 Å². The smallest absolute Gasteiger partial charge is 0.267 e. The maximum Gasteiger partial charge on any atom is 0.267 e. The highest BCUT2D eigenvalue weighted by Gasteiger charge is 2.21. The molecule has 0 atom stereocenters. The SMILES string of the molecule is O=c1cc2c(nn1CCN1CCN(Cc3nc4c(s3)COCC4)CC1)CCSC2. The summed E-state index contributed by atoms with van der Waals surface area (Å²) in [5, 5.41) is 5.86. The van der Waals surface area contributed by atoms with Gasteiger partial charge in [-0.1, -0.05) is 0 Å². The van der Waals surface area contributed by atoms with Crippen molar-refractivity contribution >= 4 is 23.1 Å². The maximum absolute atomic E-state index is 12.4. The molecule has 0 bridgehead atoms. The van der Waals surface area contributed by atoms with Gasteiger partial charge >= 0.3 is 0 Å². The van der Waals surface area contributed by atoms with Gasteiger partial charge in [0.1, 0.15) is 5.01 Å². The first kappa shape index (κ1) is 19.7. The van der Waals surface area contributed by atoms with Gasteiger partial charge in [-0.3, -0.25) is 14.6 Å². The summed E-state index contributed by atoms with van der Waals surface area (Å²) in [7, 11) is 0.